The van der Waals surface area contributed by atoms with Crippen LogP contribution < -0.4 is 10.6 Å². The molecule has 0 saturated carbocycles. The number of aromatic hydroxyl groups is 1. The van der Waals surface area contributed by atoms with E-state index in [2.05, 4.69) is 30.3 Å². The number of hydrogen-bond donors (Lipinski definition) is 3. The second-order valence-electron chi connectivity index (χ2n) is 10.5. The van der Waals surface area contributed by atoms with Gasteiger partial charge in [-0.05, 0) is 41.8 Å². The predicted octanol–water partition coefficient (Wildman–Crippen LogP) is 2.70. The van der Waals surface area contributed by atoms with Crippen LogP contribution in [0, 0.1) is 29.6 Å². The zero-order valence-electron chi connectivity index (χ0n) is 22.4. The molecule has 206 valence electrons. The van der Waals surface area contributed by atoms with E-state index in [1.54, 1.807) is 6.07 Å². The lowest BCUT2D eigenvalue weighted by molar-refractivity contribution is 0.0974. The van der Waals surface area contributed by atoms with Gasteiger partial charge in [0.25, 0.3) is 0 Å². The molecule has 1 fully saturated rings. The highest BCUT2D eigenvalue weighted by Crippen LogP contribution is 2.70. The van der Waals surface area contributed by atoms with E-state index in [4.69, 9.17) is 15.2 Å². The summed E-state index contributed by atoms with van der Waals surface area (Å²) in [7, 11) is 0. The number of benzene rings is 2. The number of anilines is 1. The normalized spacial score (nSPS) is 27.1. The highest BCUT2D eigenvalue weighted by Gasteiger charge is 2.83. The average molecular weight is 551 g/mol. The SMILES string of the molecule is C=CCOC(=O)N1c2c(cc(O)c3c2C(=O)c2ccc(CN)cc2C3=O)[C@@]23O[C@@]2(C(C)C)[C@@H]1C#C/C=C\C#C[C@H]3O. The van der Waals surface area contributed by atoms with Gasteiger partial charge in [-0.2, -0.15) is 0 Å². The summed E-state index contributed by atoms with van der Waals surface area (Å²) in [6, 6.07) is 4.87. The molecule has 9 nitrogen and oxygen atoms in total. The maximum Gasteiger partial charge on any atom is 0.415 e. The minimum Gasteiger partial charge on any atom is -0.507 e. The number of allylic oxidation sites excluding steroid dienone is 2. The number of nitrogens with zero attached hydrogens (tertiary/aromatic N) is 1. The number of ketones is 2. The number of fused-ring (bicyclic) bond motifs is 4. The Hall–Kier alpha value is -4.67. The molecule has 4 N–H and O–H groups in total. The van der Waals surface area contributed by atoms with Crippen LogP contribution in [0.25, 0.3) is 0 Å². The Bertz CT molecular complexity index is 1730. The number of carbonyl (C=O) groups excluding carboxylic acids is 3. The first-order valence-corrected chi connectivity index (χ1v) is 13.1. The smallest absolute Gasteiger partial charge is 0.415 e. The Labute approximate surface area is 236 Å². The van der Waals surface area contributed by atoms with Gasteiger partial charge >= 0.3 is 6.09 Å². The van der Waals surface area contributed by atoms with Crippen molar-refractivity contribution in [2.75, 3.05) is 11.5 Å². The first kappa shape index (κ1) is 26.5. The van der Waals surface area contributed by atoms with Gasteiger partial charge in [0.2, 0.25) is 0 Å². The molecular formula is C32H26N2O7. The fourth-order valence-corrected chi connectivity index (χ4v) is 6.39. The van der Waals surface area contributed by atoms with Gasteiger partial charge < -0.3 is 25.4 Å². The predicted molar refractivity (Wildman–Crippen MR) is 148 cm³/mol. The van der Waals surface area contributed by atoms with Gasteiger partial charge in [-0.25, -0.2) is 4.79 Å². The first-order chi connectivity index (χ1) is 19.6. The molecule has 4 aliphatic rings. The second kappa shape index (κ2) is 9.18. The van der Waals surface area contributed by atoms with E-state index in [1.807, 2.05) is 13.8 Å². The van der Waals surface area contributed by atoms with Crippen LogP contribution in [-0.4, -0.2) is 52.2 Å². The third-order valence-corrected chi connectivity index (χ3v) is 8.17. The van der Waals surface area contributed by atoms with Gasteiger partial charge in [-0.1, -0.05) is 56.3 Å². The Kier molecular flexibility index (Phi) is 5.95. The van der Waals surface area contributed by atoms with Crippen molar-refractivity contribution in [1.29, 1.82) is 0 Å². The largest absolute Gasteiger partial charge is 0.507 e. The minimum atomic E-state index is -1.58. The number of nitrogens with two attached hydrogens (primary N) is 1. The van der Waals surface area contributed by atoms with Crippen LogP contribution in [-0.2, 0) is 21.6 Å². The molecule has 2 aromatic rings. The molecule has 2 bridgehead atoms. The Morgan fingerprint density at radius 3 is 2.56 bits per heavy atom. The highest BCUT2D eigenvalue weighted by molar-refractivity contribution is 6.32. The molecule has 2 heterocycles. The van der Waals surface area contributed by atoms with E-state index in [0.717, 1.165) is 0 Å². The fraction of sp³-hybridized carbons (Fsp3) is 0.281. The zero-order chi connectivity index (χ0) is 29.3. The summed E-state index contributed by atoms with van der Waals surface area (Å²) in [6.45, 7) is 7.32. The van der Waals surface area contributed by atoms with Crippen molar-refractivity contribution in [2.24, 2.45) is 11.7 Å². The Morgan fingerprint density at radius 2 is 1.88 bits per heavy atom. The summed E-state index contributed by atoms with van der Waals surface area (Å²) in [5, 5.41) is 22.9. The molecule has 9 heteroatoms. The quantitative estimate of drug-likeness (QED) is 0.256. The summed E-state index contributed by atoms with van der Waals surface area (Å²) >= 11 is 0. The molecule has 2 aliphatic carbocycles. The van der Waals surface area contributed by atoms with Crippen molar-refractivity contribution in [2.45, 2.75) is 43.7 Å². The van der Waals surface area contributed by atoms with Crippen molar-refractivity contribution in [3.8, 4) is 29.4 Å². The number of hydrogen-bond acceptors (Lipinski definition) is 8. The fourth-order valence-electron chi connectivity index (χ4n) is 6.39. The van der Waals surface area contributed by atoms with E-state index in [9.17, 15) is 24.6 Å². The number of amides is 1. The van der Waals surface area contributed by atoms with Gasteiger partial charge in [0.15, 0.2) is 23.3 Å². The lowest BCUT2D eigenvalue weighted by Crippen LogP contribution is -2.59. The van der Waals surface area contributed by atoms with E-state index >= 15 is 0 Å². The number of phenols is 1. The van der Waals surface area contributed by atoms with Crippen LogP contribution in [0.5, 0.6) is 5.75 Å². The van der Waals surface area contributed by atoms with Crippen molar-refractivity contribution in [1.82, 2.24) is 0 Å². The third-order valence-electron chi connectivity index (χ3n) is 8.17. The van der Waals surface area contributed by atoms with E-state index in [-0.39, 0.29) is 52.6 Å². The van der Waals surface area contributed by atoms with E-state index in [1.165, 1.54) is 41.3 Å². The number of aliphatic hydroxyl groups is 1. The molecule has 1 saturated heterocycles. The summed E-state index contributed by atoms with van der Waals surface area (Å²) in [6.07, 6.45) is 2.04. The molecule has 4 atom stereocenters. The van der Waals surface area contributed by atoms with Gasteiger partial charge in [0.05, 0.1) is 16.8 Å². The van der Waals surface area contributed by atoms with E-state index in [0.29, 0.717) is 5.56 Å². The molecule has 6 rings (SSSR count). The maximum atomic E-state index is 14.2. The number of phenolic OH excluding ortho intramolecular Hbond substituents is 1. The van der Waals surface area contributed by atoms with Crippen LogP contribution in [0.3, 0.4) is 0 Å². The molecular weight excluding hydrogens is 524 g/mol. The van der Waals surface area contributed by atoms with Gasteiger partial charge in [0, 0.05) is 23.2 Å². The van der Waals surface area contributed by atoms with Crippen molar-refractivity contribution in [3.05, 3.63) is 82.5 Å². The van der Waals surface area contributed by atoms with Gasteiger partial charge in [0.1, 0.15) is 24.0 Å². The zero-order valence-corrected chi connectivity index (χ0v) is 22.4. The lowest BCUT2D eigenvalue weighted by Gasteiger charge is -2.43. The molecule has 41 heavy (non-hydrogen) atoms. The molecule has 2 aromatic carbocycles. The molecule has 0 spiro atoms. The second-order valence-corrected chi connectivity index (χ2v) is 10.5. The van der Waals surface area contributed by atoms with Crippen LogP contribution in [0.1, 0.15) is 56.8 Å². The van der Waals surface area contributed by atoms with Gasteiger partial charge in [-0.15, -0.1) is 0 Å². The number of ether oxygens (including phenoxy) is 2. The summed E-state index contributed by atoms with van der Waals surface area (Å²) in [5.74, 6) is 9.44. The summed E-state index contributed by atoms with van der Waals surface area (Å²) < 4.78 is 11.9. The first-order valence-electron chi connectivity index (χ1n) is 13.1. The minimum absolute atomic E-state index is 0.0303. The summed E-state index contributed by atoms with van der Waals surface area (Å²) in [4.78, 5) is 43.1. The van der Waals surface area contributed by atoms with Crippen LogP contribution in [0.15, 0.2) is 49.1 Å². The number of epoxide rings is 1. The van der Waals surface area contributed by atoms with Crippen molar-refractivity contribution >= 4 is 23.3 Å². The molecule has 0 aromatic heterocycles. The van der Waals surface area contributed by atoms with Crippen LogP contribution >= 0.6 is 0 Å². The van der Waals surface area contributed by atoms with Gasteiger partial charge in [-0.3, -0.25) is 14.5 Å². The number of aliphatic hydroxyl groups excluding tert-OH is 1. The van der Waals surface area contributed by atoms with Crippen molar-refractivity contribution < 1.29 is 34.1 Å². The Morgan fingerprint density at radius 1 is 1.17 bits per heavy atom. The maximum absolute atomic E-state index is 14.2. The number of rotatable bonds is 4. The molecule has 1 amide bonds. The topological polar surface area (TPSA) is 143 Å². The molecule has 2 aliphatic heterocycles. The standard InChI is InChI=1S/C32H26N2O7/c1-4-13-40-30(39)34-23-9-7-5-6-8-10-24(36)32(31(23,41-32)17(2)3)21-15-22(35)25-26(27(21)34)28(37)19-12-11-18(16-33)14-20(19)29(25)38/h4-6,11-12,14-15,17,23-24,35-36H,1,13,16,33H2,2-3H3/b6-5-/t23-,24+,31-,32-/m0/s1. The third kappa shape index (κ3) is 3.34. The number of carbonyl (C=O) groups is 3. The highest BCUT2D eigenvalue weighted by atomic mass is 16.6. The lowest BCUT2D eigenvalue weighted by atomic mass is 9.67. The van der Waals surface area contributed by atoms with Crippen molar-refractivity contribution in [3.63, 3.8) is 0 Å². The van der Waals surface area contributed by atoms with E-state index < -0.39 is 46.8 Å². The van der Waals surface area contributed by atoms with Crippen LogP contribution in [0.4, 0.5) is 10.5 Å². The van der Waals surface area contributed by atoms with Crippen LogP contribution in [0.2, 0.25) is 0 Å². The Balaban J connectivity index is 1.73. The molecule has 0 unspecified atom stereocenters. The average Bonchev–Trinajstić information content (AvgIpc) is 3.69. The summed E-state index contributed by atoms with van der Waals surface area (Å²) in [5.41, 5.74) is 3.32. The monoisotopic (exact) mass is 550 g/mol. The molecule has 0 radical (unpaired) electrons.